The summed E-state index contributed by atoms with van der Waals surface area (Å²) >= 11 is 0. The van der Waals surface area contributed by atoms with Gasteiger partial charge in [0, 0.05) is 54.8 Å². The number of fused-ring (bicyclic) bond motifs is 1. The molecule has 2 aromatic carbocycles. The molecule has 0 saturated carbocycles. The van der Waals surface area contributed by atoms with Gasteiger partial charge in [-0.1, -0.05) is 30.3 Å². The number of esters is 1. The number of aromatic nitrogens is 3. The number of alkyl halides is 3. The second-order valence-corrected chi connectivity index (χ2v) is 10.2. The van der Waals surface area contributed by atoms with Crippen LogP contribution in [0.5, 0.6) is 17.4 Å². The molecule has 0 bridgehead atoms. The lowest BCUT2D eigenvalue weighted by Crippen LogP contribution is -2.32. The van der Waals surface area contributed by atoms with Gasteiger partial charge < -0.3 is 30.6 Å². The maximum atomic E-state index is 13.6. The number of hydrogen-bond donors (Lipinski definition) is 2. The average Bonchev–Trinajstić information content (AvgIpc) is 3.04. The van der Waals surface area contributed by atoms with Crippen molar-refractivity contribution in [1.29, 1.82) is 0 Å². The van der Waals surface area contributed by atoms with E-state index in [2.05, 4.69) is 19.7 Å². The number of nitrogens with zero attached hydrogens (tertiary/aromatic N) is 4. The molecule has 238 valence electrons. The van der Waals surface area contributed by atoms with Crippen LogP contribution in [0.4, 0.5) is 24.9 Å². The standard InChI is InChI=1S/C32H29F3N6O5/c1-44-27-19(15-21-17-39-31(37)40-29(21)36)7-9-23(28(27)45-2)24(42)12-14-41-13-11-18-5-3-4-6-22(18)26(41)20-8-10-25(38-16-20)46-30(43)32(33,34)35/h3-10,12,14,16-17,26H,11,13,15H2,1-2H3,(H4,36,37,39,40)/b14-12+/t26-/m1/s1. The van der Waals surface area contributed by atoms with Crippen molar-refractivity contribution in [2.75, 3.05) is 32.2 Å². The van der Waals surface area contributed by atoms with Gasteiger partial charge in [-0.05, 0) is 35.2 Å². The number of halogens is 3. The molecule has 4 aromatic rings. The van der Waals surface area contributed by atoms with Crippen molar-refractivity contribution in [3.05, 3.63) is 107 Å². The molecule has 5 rings (SSSR count). The second kappa shape index (κ2) is 13.1. The molecular weight excluding hydrogens is 605 g/mol. The van der Waals surface area contributed by atoms with Crippen LogP contribution in [0.2, 0.25) is 0 Å². The van der Waals surface area contributed by atoms with Gasteiger partial charge in [0.15, 0.2) is 17.3 Å². The number of allylic oxidation sites excluding steroid dienone is 1. The number of pyridine rings is 1. The van der Waals surface area contributed by atoms with Crippen LogP contribution in [0.3, 0.4) is 0 Å². The average molecular weight is 635 g/mol. The van der Waals surface area contributed by atoms with Gasteiger partial charge >= 0.3 is 12.1 Å². The van der Waals surface area contributed by atoms with Gasteiger partial charge in [0.1, 0.15) is 5.82 Å². The van der Waals surface area contributed by atoms with E-state index in [1.54, 1.807) is 18.3 Å². The van der Waals surface area contributed by atoms with E-state index in [4.69, 9.17) is 20.9 Å². The molecule has 4 N–H and O–H groups in total. The van der Waals surface area contributed by atoms with Crippen LogP contribution >= 0.6 is 0 Å². The van der Waals surface area contributed by atoms with Crippen LogP contribution in [0, 0.1) is 0 Å². The maximum absolute atomic E-state index is 13.6. The summed E-state index contributed by atoms with van der Waals surface area (Å²) in [7, 11) is 2.90. The molecule has 3 heterocycles. The summed E-state index contributed by atoms with van der Waals surface area (Å²) in [5.74, 6) is -2.34. The van der Waals surface area contributed by atoms with E-state index < -0.39 is 24.1 Å². The third-order valence-corrected chi connectivity index (χ3v) is 7.41. The molecule has 1 atom stereocenters. The lowest BCUT2D eigenvalue weighted by molar-refractivity contribution is -0.190. The van der Waals surface area contributed by atoms with Crippen molar-refractivity contribution in [2.24, 2.45) is 0 Å². The summed E-state index contributed by atoms with van der Waals surface area (Å²) in [6, 6.07) is 13.4. The number of nitrogens with two attached hydrogens (primary N) is 2. The number of ketones is 1. The zero-order valence-electron chi connectivity index (χ0n) is 24.7. The fraction of sp³-hybridized carbons (Fsp3) is 0.219. The number of nitrogen functional groups attached to an aromatic ring is 2. The first-order valence-corrected chi connectivity index (χ1v) is 13.9. The van der Waals surface area contributed by atoms with Crippen LogP contribution in [0.1, 0.15) is 44.2 Å². The summed E-state index contributed by atoms with van der Waals surface area (Å²) in [6.45, 7) is 0.529. The normalized spacial score (nSPS) is 14.5. The molecular formula is C32H29F3N6O5. The van der Waals surface area contributed by atoms with Crippen LogP contribution in [-0.4, -0.2) is 58.5 Å². The van der Waals surface area contributed by atoms with E-state index in [1.807, 2.05) is 29.2 Å². The van der Waals surface area contributed by atoms with Gasteiger partial charge in [-0.25, -0.2) is 14.8 Å². The Morgan fingerprint density at radius 3 is 2.41 bits per heavy atom. The zero-order valence-corrected chi connectivity index (χ0v) is 24.7. The van der Waals surface area contributed by atoms with Gasteiger partial charge in [-0.2, -0.15) is 18.2 Å². The number of carbonyl (C=O) groups excluding carboxylic acids is 2. The topological polar surface area (TPSA) is 156 Å². The van der Waals surface area contributed by atoms with Gasteiger partial charge in [0.05, 0.1) is 25.8 Å². The number of benzene rings is 2. The molecule has 0 unspecified atom stereocenters. The SMILES string of the molecule is COc1c(Cc2cnc(N)nc2N)ccc(C(=O)/C=C/N2CCc3ccccc3[C@H]2c2ccc(OC(=O)C(F)(F)F)nc2)c1OC. The highest BCUT2D eigenvalue weighted by Crippen LogP contribution is 2.38. The molecule has 46 heavy (non-hydrogen) atoms. The first-order chi connectivity index (χ1) is 22.0. The summed E-state index contributed by atoms with van der Waals surface area (Å²) in [4.78, 5) is 38.7. The Hall–Kier alpha value is -5.66. The summed E-state index contributed by atoms with van der Waals surface area (Å²) in [6.07, 6.45) is 1.78. The minimum Gasteiger partial charge on any atom is -0.493 e. The molecule has 0 aliphatic carbocycles. The van der Waals surface area contributed by atoms with E-state index in [0.29, 0.717) is 41.8 Å². The monoisotopic (exact) mass is 634 g/mol. The van der Waals surface area contributed by atoms with Crippen molar-refractivity contribution < 1.29 is 37.0 Å². The van der Waals surface area contributed by atoms with Crippen molar-refractivity contribution in [3.8, 4) is 17.4 Å². The third-order valence-electron chi connectivity index (χ3n) is 7.41. The lowest BCUT2D eigenvalue weighted by atomic mass is 9.89. The smallest absolute Gasteiger partial charge is 0.491 e. The van der Waals surface area contributed by atoms with E-state index in [1.165, 1.54) is 44.8 Å². The molecule has 11 nitrogen and oxygen atoms in total. The Bertz CT molecular complexity index is 1800. The summed E-state index contributed by atoms with van der Waals surface area (Å²) < 4.78 is 53.5. The molecule has 2 aromatic heterocycles. The Morgan fingerprint density at radius 2 is 1.74 bits per heavy atom. The number of ether oxygens (including phenoxy) is 3. The first-order valence-electron chi connectivity index (χ1n) is 13.9. The van der Waals surface area contributed by atoms with Gasteiger partial charge in [0.2, 0.25) is 11.8 Å². The summed E-state index contributed by atoms with van der Waals surface area (Å²) in [5, 5.41) is 0. The number of hydrogen-bond acceptors (Lipinski definition) is 11. The molecule has 0 amide bonds. The Balaban J connectivity index is 1.42. The molecule has 1 aliphatic heterocycles. The predicted molar refractivity (Wildman–Crippen MR) is 161 cm³/mol. The summed E-state index contributed by atoms with van der Waals surface area (Å²) in [5.41, 5.74) is 15.8. The molecule has 0 radical (unpaired) electrons. The van der Waals surface area contributed by atoms with Crippen molar-refractivity contribution in [1.82, 2.24) is 19.9 Å². The molecule has 0 fully saturated rings. The third kappa shape index (κ3) is 6.70. The van der Waals surface area contributed by atoms with Gasteiger partial charge in [-0.3, -0.25) is 4.79 Å². The number of carbonyl (C=O) groups is 2. The van der Waals surface area contributed by atoms with Crippen LogP contribution in [0.25, 0.3) is 0 Å². The number of methoxy groups -OCH3 is 2. The Kier molecular flexibility index (Phi) is 9.07. The van der Waals surface area contributed by atoms with Crippen molar-refractivity contribution in [3.63, 3.8) is 0 Å². The fourth-order valence-electron chi connectivity index (χ4n) is 5.28. The second-order valence-electron chi connectivity index (χ2n) is 10.2. The largest absolute Gasteiger partial charge is 0.493 e. The number of anilines is 2. The van der Waals surface area contributed by atoms with Crippen molar-refractivity contribution >= 4 is 23.5 Å². The molecule has 0 saturated heterocycles. The van der Waals surface area contributed by atoms with E-state index in [9.17, 15) is 22.8 Å². The molecule has 14 heteroatoms. The fourth-order valence-corrected chi connectivity index (χ4v) is 5.28. The molecule has 0 spiro atoms. The molecule has 1 aliphatic rings. The van der Waals surface area contributed by atoms with E-state index >= 15 is 0 Å². The highest BCUT2D eigenvalue weighted by molar-refractivity contribution is 6.07. The predicted octanol–water partition coefficient (Wildman–Crippen LogP) is 4.46. The Labute approximate surface area is 261 Å². The van der Waals surface area contributed by atoms with Gasteiger partial charge in [0.25, 0.3) is 0 Å². The zero-order chi connectivity index (χ0) is 33.0. The maximum Gasteiger partial charge on any atom is 0.491 e. The minimum absolute atomic E-state index is 0.0534. The van der Waals surface area contributed by atoms with Gasteiger partial charge in [-0.15, -0.1) is 0 Å². The van der Waals surface area contributed by atoms with E-state index in [0.717, 1.165) is 11.1 Å². The quantitative estimate of drug-likeness (QED) is 0.152. The lowest BCUT2D eigenvalue weighted by Gasteiger charge is -2.37. The van der Waals surface area contributed by atoms with E-state index in [-0.39, 0.29) is 28.9 Å². The van der Waals surface area contributed by atoms with Crippen LogP contribution < -0.4 is 25.7 Å². The van der Waals surface area contributed by atoms with Crippen LogP contribution in [0.15, 0.2) is 73.2 Å². The first kappa shape index (κ1) is 31.8. The highest BCUT2D eigenvalue weighted by atomic mass is 19.4. The number of rotatable bonds is 9. The van der Waals surface area contributed by atoms with Crippen LogP contribution in [-0.2, 0) is 17.6 Å². The Morgan fingerprint density at radius 1 is 0.978 bits per heavy atom. The minimum atomic E-state index is -5.15. The van der Waals surface area contributed by atoms with Crippen molar-refractivity contribution in [2.45, 2.75) is 25.1 Å². The highest BCUT2D eigenvalue weighted by Gasteiger charge is 2.41.